The van der Waals surface area contributed by atoms with Gasteiger partial charge in [-0.3, -0.25) is 4.68 Å². The first-order valence-corrected chi connectivity index (χ1v) is 5.91. The quantitative estimate of drug-likeness (QED) is 0.926. The van der Waals surface area contributed by atoms with Gasteiger partial charge < -0.3 is 5.11 Å². The monoisotopic (exact) mass is 298 g/mol. The number of rotatable bonds is 2. The van der Waals surface area contributed by atoms with Crippen molar-refractivity contribution in [1.29, 1.82) is 0 Å². The van der Waals surface area contributed by atoms with Gasteiger partial charge in [-0.2, -0.15) is 5.10 Å². The molecule has 90 valence electrons. The third-order valence-corrected chi connectivity index (χ3v) is 3.31. The Kier molecular flexibility index (Phi) is 3.31. The smallest absolute Gasteiger partial charge is 0.129 e. The minimum Gasteiger partial charge on any atom is -0.383 e. The van der Waals surface area contributed by atoms with Gasteiger partial charge in [-0.25, -0.2) is 4.39 Å². The van der Waals surface area contributed by atoms with Gasteiger partial charge in [0.1, 0.15) is 11.9 Å². The van der Waals surface area contributed by atoms with Crippen molar-refractivity contribution in [2.45, 2.75) is 13.0 Å². The first-order chi connectivity index (χ1) is 8.00. The fourth-order valence-electron chi connectivity index (χ4n) is 1.68. The summed E-state index contributed by atoms with van der Waals surface area (Å²) in [7, 11) is 1.78. The van der Waals surface area contributed by atoms with Gasteiger partial charge in [-0.15, -0.1) is 0 Å². The van der Waals surface area contributed by atoms with E-state index in [0.717, 1.165) is 10.2 Å². The summed E-state index contributed by atoms with van der Waals surface area (Å²) in [5.41, 5.74) is 1.68. The zero-order valence-electron chi connectivity index (χ0n) is 9.48. The molecule has 0 spiro atoms. The number of benzene rings is 1. The van der Waals surface area contributed by atoms with E-state index < -0.39 is 11.9 Å². The maximum Gasteiger partial charge on any atom is 0.129 e. The first kappa shape index (κ1) is 12.3. The highest BCUT2D eigenvalue weighted by atomic mass is 79.9. The molecule has 0 aliphatic rings. The molecule has 1 heterocycles. The number of aromatic nitrogens is 2. The van der Waals surface area contributed by atoms with E-state index in [4.69, 9.17) is 0 Å². The van der Waals surface area contributed by atoms with E-state index >= 15 is 0 Å². The molecule has 0 saturated carbocycles. The molecule has 1 atom stereocenters. The van der Waals surface area contributed by atoms with Gasteiger partial charge in [0.05, 0.1) is 6.20 Å². The predicted octanol–water partition coefficient (Wildman–Crippen LogP) is 2.71. The average molecular weight is 299 g/mol. The van der Waals surface area contributed by atoms with Crippen LogP contribution in [-0.2, 0) is 7.05 Å². The van der Waals surface area contributed by atoms with Crippen LogP contribution in [0.15, 0.2) is 28.9 Å². The lowest BCUT2D eigenvalue weighted by molar-refractivity contribution is 0.214. The van der Waals surface area contributed by atoms with Crippen molar-refractivity contribution in [3.8, 4) is 0 Å². The molecule has 1 unspecified atom stereocenters. The van der Waals surface area contributed by atoms with Crippen molar-refractivity contribution in [2.24, 2.45) is 7.05 Å². The molecule has 0 bridgehead atoms. The maximum absolute atomic E-state index is 13.6. The van der Waals surface area contributed by atoms with Gasteiger partial charge in [0.2, 0.25) is 0 Å². The van der Waals surface area contributed by atoms with Crippen LogP contribution >= 0.6 is 15.9 Å². The summed E-state index contributed by atoms with van der Waals surface area (Å²) in [6, 6.07) is 4.50. The summed E-state index contributed by atoms with van der Waals surface area (Å²) in [5, 5.41) is 14.2. The van der Waals surface area contributed by atoms with Gasteiger partial charge in [0.25, 0.3) is 0 Å². The van der Waals surface area contributed by atoms with Crippen molar-refractivity contribution in [3.63, 3.8) is 0 Å². The van der Waals surface area contributed by atoms with Crippen LogP contribution in [-0.4, -0.2) is 14.9 Å². The molecular formula is C12H12BrFN2O. The Morgan fingerprint density at radius 2 is 2.12 bits per heavy atom. The normalized spacial score (nSPS) is 12.8. The second-order valence-corrected chi connectivity index (χ2v) is 4.79. The molecule has 1 N–H and O–H groups in total. The van der Waals surface area contributed by atoms with Gasteiger partial charge in [-0.1, -0.05) is 15.9 Å². The van der Waals surface area contributed by atoms with Crippen LogP contribution in [0.4, 0.5) is 4.39 Å². The Bertz CT molecular complexity index is 553. The van der Waals surface area contributed by atoms with Gasteiger partial charge in [0, 0.05) is 28.3 Å². The zero-order valence-corrected chi connectivity index (χ0v) is 11.1. The Morgan fingerprint density at radius 1 is 1.41 bits per heavy atom. The molecule has 0 fully saturated rings. The lowest BCUT2D eigenvalue weighted by Crippen LogP contribution is -2.04. The lowest BCUT2D eigenvalue weighted by atomic mass is 10.0. The lowest BCUT2D eigenvalue weighted by Gasteiger charge is -2.12. The number of aliphatic hydroxyl groups excluding tert-OH is 1. The maximum atomic E-state index is 13.6. The fourth-order valence-corrected chi connectivity index (χ4v) is 2.05. The molecule has 5 heteroatoms. The van der Waals surface area contributed by atoms with E-state index in [0.29, 0.717) is 5.56 Å². The van der Waals surface area contributed by atoms with E-state index in [2.05, 4.69) is 21.0 Å². The molecule has 0 aliphatic carbocycles. The molecule has 1 aromatic carbocycles. The second-order valence-electron chi connectivity index (χ2n) is 3.88. The van der Waals surface area contributed by atoms with E-state index in [1.165, 1.54) is 6.07 Å². The second kappa shape index (κ2) is 4.58. The standard InChI is InChI=1S/C12H12BrFN2O/c1-7-10(6-15-16(7)2)12(17)9-5-8(13)3-4-11(9)14/h3-6,12,17H,1-2H3. The fraction of sp³-hybridized carbons (Fsp3) is 0.250. The van der Waals surface area contributed by atoms with E-state index in [9.17, 15) is 9.50 Å². The van der Waals surface area contributed by atoms with Crippen LogP contribution in [0.1, 0.15) is 22.9 Å². The summed E-state index contributed by atoms with van der Waals surface area (Å²) in [5.74, 6) is -0.427. The number of aliphatic hydroxyl groups is 1. The zero-order chi connectivity index (χ0) is 12.6. The Balaban J connectivity index is 2.47. The van der Waals surface area contributed by atoms with Crippen molar-refractivity contribution < 1.29 is 9.50 Å². The third-order valence-electron chi connectivity index (χ3n) is 2.82. The molecule has 3 nitrogen and oxygen atoms in total. The molecule has 1 aromatic heterocycles. The summed E-state index contributed by atoms with van der Waals surface area (Å²) in [6.45, 7) is 1.83. The number of aryl methyl sites for hydroxylation is 1. The molecule has 2 rings (SSSR count). The summed E-state index contributed by atoms with van der Waals surface area (Å²) in [6.07, 6.45) is 0.557. The van der Waals surface area contributed by atoms with Crippen molar-refractivity contribution in [1.82, 2.24) is 9.78 Å². The molecule has 0 amide bonds. The van der Waals surface area contributed by atoms with Crippen LogP contribution < -0.4 is 0 Å². The Morgan fingerprint density at radius 3 is 2.71 bits per heavy atom. The Labute approximate surface area is 107 Å². The van der Waals surface area contributed by atoms with E-state index in [1.54, 1.807) is 30.1 Å². The molecule has 0 saturated heterocycles. The van der Waals surface area contributed by atoms with Crippen LogP contribution in [0.2, 0.25) is 0 Å². The highest BCUT2D eigenvalue weighted by Crippen LogP contribution is 2.28. The number of hydrogen-bond acceptors (Lipinski definition) is 2. The summed E-state index contributed by atoms with van der Waals surface area (Å²) in [4.78, 5) is 0. The van der Waals surface area contributed by atoms with E-state index in [1.807, 2.05) is 6.92 Å². The molecular weight excluding hydrogens is 287 g/mol. The third kappa shape index (κ3) is 2.25. The highest BCUT2D eigenvalue weighted by Gasteiger charge is 2.19. The van der Waals surface area contributed by atoms with E-state index in [-0.39, 0.29) is 5.56 Å². The average Bonchev–Trinajstić information content (AvgIpc) is 2.62. The van der Waals surface area contributed by atoms with Crippen LogP contribution in [0, 0.1) is 12.7 Å². The van der Waals surface area contributed by atoms with Crippen LogP contribution in [0.3, 0.4) is 0 Å². The predicted molar refractivity (Wildman–Crippen MR) is 66.1 cm³/mol. The first-order valence-electron chi connectivity index (χ1n) is 5.12. The number of hydrogen-bond donors (Lipinski definition) is 1. The highest BCUT2D eigenvalue weighted by molar-refractivity contribution is 9.10. The van der Waals surface area contributed by atoms with Gasteiger partial charge >= 0.3 is 0 Å². The van der Waals surface area contributed by atoms with Gasteiger partial charge in [-0.05, 0) is 25.1 Å². The topological polar surface area (TPSA) is 38.1 Å². The Hall–Kier alpha value is -1.20. The minimum absolute atomic E-state index is 0.246. The molecule has 0 aliphatic heterocycles. The number of nitrogens with zero attached hydrogens (tertiary/aromatic N) is 2. The summed E-state index contributed by atoms with van der Waals surface area (Å²) >= 11 is 3.26. The molecule has 0 radical (unpaired) electrons. The van der Waals surface area contributed by atoms with Crippen LogP contribution in [0.25, 0.3) is 0 Å². The largest absolute Gasteiger partial charge is 0.383 e. The molecule has 17 heavy (non-hydrogen) atoms. The van der Waals surface area contributed by atoms with Gasteiger partial charge in [0.15, 0.2) is 0 Å². The SMILES string of the molecule is Cc1c(C(O)c2cc(Br)ccc2F)cnn1C. The van der Waals surface area contributed by atoms with Crippen LogP contribution in [0.5, 0.6) is 0 Å². The number of halogens is 2. The summed E-state index contributed by atoms with van der Waals surface area (Å²) < 4.78 is 16.0. The van der Waals surface area contributed by atoms with Crippen molar-refractivity contribution in [2.75, 3.05) is 0 Å². The minimum atomic E-state index is -0.999. The van der Waals surface area contributed by atoms with Crippen molar-refractivity contribution >= 4 is 15.9 Å². The molecule has 2 aromatic rings. The van der Waals surface area contributed by atoms with Crippen molar-refractivity contribution in [3.05, 3.63) is 51.5 Å².